The Morgan fingerprint density at radius 2 is 2.28 bits per heavy atom. The number of benzene rings is 1. The smallest absolute Gasteiger partial charge is 0.348 e. The fraction of sp³-hybridized carbons (Fsp3) is 0.333. The van der Waals surface area contributed by atoms with Gasteiger partial charge in [-0.1, -0.05) is 43.2 Å². The summed E-state index contributed by atoms with van der Waals surface area (Å²) in [5.41, 5.74) is 1.95. The van der Waals surface area contributed by atoms with Gasteiger partial charge < -0.3 is 4.74 Å². The van der Waals surface area contributed by atoms with Crippen LogP contribution in [-0.2, 0) is 9.53 Å². The van der Waals surface area contributed by atoms with Crippen molar-refractivity contribution in [3.63, 3.8) is 0 Å². The quantitative estimate of drug-likeness (QED) is 0.345. The molecule has 0 aliphatic carbocycles. The van der Waals surface area contributed by atoms with Crippen molar-refractivity contribution >= 4 is 12.0 Å². The van der Waals surface area contributed by atoms with E-state index in [1.165, 1.54) is 0 Å². The second-order valence-electron chi connectivity index (χ2n) is 4.07. The molecule has 0 saturated heterocycles. The van der Waals surface area contributed by atoms with Gasteiger partial charge in [0, 0.05) is 0 Å². The van der Waals surface area contributed by atoms with Gasteiger partial charge >= 0.3 is 5.97 Å². The van der Waals surface area contributed by atoms with Crippen molar-refractivity contribution in [1.29, 1.82) is 5.26 Å². The van der Waals surface area contributed by atoms with Gasteiger partial charge in [0.25, 0.3) is 0 Å². The predicted molar refractivity (Wildman–Crippen MR) is 70.6 cm³/mol. The molecule has 0 radical (unpaired) electrons. The first-order valence-corrected chi connectivity index (χ1v) is 6.03. The van der Waals surface area contributed by atoms with Gasteiger partial charge in [0.05, 0.1) is 6.61 Å². The first-order chi connectivity index (χ1) is 8.67. The van der Waals surface area contributed by atoms with E-state index >= 15 is 0 Å². The van der Waals surface area contributed by atoms with E-state index in [1.807, 2.05) is 44.2 Å². The van der Waals surface area contributed by atoms with Gasteiger partial charge in [0.2, 0.25) is 0 Å². The predicted octanol–water partition coefficient (Wildman–Crippen LogP) is 3.25. The zero-order valence-electron chi connectivity index (χ0n) is 10.8. The summed E-state index contributed by atoms with van der Waals surface area (Å²) in [5, 5.41) is 8.96. The van der Waals surface area contributed by atoms with Crippen LogP contribution in [0.25, 0.3) is 6.08 Å². The van der Waals surface area contributed by atoms with Crippen LogP contribution in [0.4, 0.5) is 0 Å². The molecule has 18 heavy (non-hydrogen) atoms. The Hall–Kier alpha value is -2.08. The van der Waals surface area contributed by atoms with Gasteiger partial charge in [-0.2, -0.15) is 5.26 Å². The number of rotatable bonds is 5. The van der Waals surface area contributed by atoms with Crippen LogP contribution in [0, 0.1) is 18.3 Å². The summed E-state index contributed by atoms with van der Waals surface area (Å²) in [6.07, 6.45) is 3.33. The molecule has 0 aliphatic rings. The third-order valence-corrected chi connectivity index (χ3v) is 2.42. The summed E-state index contributed by atoms with van der Waals surface area (Å²) < 4.78 is 5.01. The number of aryl methyl sites for hydroxylation is 1. The van der Waals surface area contributed by atoms with Gasteiger partial charge in [-0.25, -0.2) is 4.79 Å². The highest BCUT2D eigenvalue weighted by Gasteiger charge is 2.10. The van der Waals surface area contributed by atoms with E-state index in [0.29, 0.717) is 6.61 Å². The van der Waals surface area contributed by atoms with Gasteiger partial charge in [0.15, 0.2) is 0 Å². The molecule has 0 spiro atoms. The van der Waals surface area contributed by atoms with E-state index in [4.69, 9.17) is 10.00 Å². The lowest BCUT2D eigenvalue weighted by Gasteiger charge is -2.02. The number of hydrogen-bond acceptors (Lipinski definition) is 3. The summed E-state index contributed by atoms with van der Waals surface area (Å²) >= 11 is 0. The molecule has 1 rings (SSSR count). The molecule has 0 fully saturated rings. The number of carbonyl (C=O) groups excluding carboxylic acids is 1. The van der Waals surface area contributed by atoms with Crippen molar-refractivity contribution in [2.75, 3.05) is 6.61 Å². The molecule has 3 nitrogen and oxygen atoms in total. The summed E-state index contributed by atoms with van der Waals surface area (Å²) in [5.74, 6) is -0.549. The lowest BCUT2D eigenvalue weighted by molar-refractivity contribution is -0.138. The average molecular weight is 243 g/mol. The first kappa shape index (κ1) is 14.0. The van der Waals surface area contributed by atoms with Gasteiger partial charge in [0.1, 0.15) is 11.6 Å². The van der Waals surface area contributed by atoms with Crippen LogP contribution in [0.1, 0.15) is 30.9 Å². The molecule has 0 N–H and O–H groups in total. The standard InChI is InChI=1S/C15H17NO2/c1-3-4-8-18-15(17)14(11-16)10-13-7-5-6-12(2)9-13/h5-7,9-10H,3-4,8H2,1-2H3/b14-10-. The second-order valence-corrected chi connectivity index (χ2v) is 4.07. The largest absolute Gasteiger partial charge is 0.462 e. The highest BCUT2D eigenvalue weighted by atomic mass is 16.5. The summed E-state index contributed by atoms with van der Waals surface area (Å²) in [4.78, 5) is 11.6. The number of hydrogen-bond donors (Lipinski definition) is 0. The van der Waals surface area contributed by atoms with Crippen LogP contribution in [0.2, 0.25) is 0 Å². The third kappa shape index (κ3) is 4.42. The van der Waals surface area contributed by atoms with Crippen molar-refractivity contribution in [2.24, 2.45) is 0 Å². The number of nitrogens with zero attached hydrogens (tertiary/aromatic N) is 1. The van der Waals surface area contributed by atoms with Crippen molar-refractivity contribution in [2.45, 2.75) is 26.7 Å². The molecule has 0 amide bonds. The number of nitriles is 1. The summed E-state index contributed by atoms with van der Waals surface area (Å²) in [6, 6.07) is 9.50. The SMILES string of the molecule is CCCCOC(=O)/C(C#N)=C\c1cccc(C)c1. The molecule has 1 aromatic carbocycles. The zero-order chi connectivity index (χ0) is 13.4. The van der Waals surface area contributed by atoms with Crippen molar-refractivity contribution in [3.05, 3.63) is 41.0 Å². The van der Waals surface area contributed by atoms with Crippen LogP contribution in [0.3, 0.4) is 0 Å². The van der Waals surface area contributed by atoms with Gasteiger partial charge in [-0.05, 0) is 25.0 Å². The minimum atomic E-state index is -0.549. The third-order valence-electron chi connectivity index (χ3n) is 2.42. The fourth-order valence-corrected chi connectivity index (χ4v) is 1.45. The lowest BCUT2D eigenvalue weighted by atomic mass is 10.1. The van der Waals surface area contributed by atoms with E-state index in [9.17, 15) is 4.79 Å². The minimum absolute atomic E-state index is 0.0386. The van der Waals surface area contributed by atoms with Crippen LogP contribution >= 0.6 is 0 Å². The molecule has 0 bridgehead atoms. The highest BCUT2D eigenvalue weighted by molar-refractivity contribution is 5.97. The van der Waals surface area contributed by atoms with E-state index in [-0.39, 0.29) is 5.57 Å². The fourth-order valence-electron chi connectivity index (χ4n) is 1.45. The number of ether oxygens (including phenoxy) is 1. The molecule has 0 aromatic heterocycles. The first-order valence-electron chi connectivity index (χ1n) is 6.03. The molecule has 94 valence electrons. The Morgan fingerprint density at radius 3 is 2.89 bits per heavy atom. The van der Waals surface area contributed by atoms with E-state index in [0.717, 1.165) is 24.0 Å². The maximum absolute atomic E-state index is 11.6. The number of carbonyl (C=O) groups is 1. The topological polar surface area (TPSA) is 50.1 Å². The molecule has 1 aromatic rings. The Balaban J connectivity index is 2.77. The Kier molecular flexibility index (Phi) is 5.66. The van der Waals surface area contributed by atoms with E-state index < -0.39 is 5.97 Å². The van der Waals surface area contributed by atoms with Crippen LogP contribution in [-0.4, -0.2) is 12.6 Å². The molecule has 3 heteroatoms. The van der Waals surface area contributed by atoms with E-state index in [2.05, 4.69) is 0 Å². The Labute approximate surface area is 108 Å². The van der Waals surface area contributed by atoms with Crippen molar-refractivity contribution < 1.29 is 9.53 Å². The molecule has 0 saturated carbocycles. The monoisotopic (exact) mass is 243 g/mol. The molecule has 0 unspecified atom stereocenters. The van der Waals surface area contributed by atoms with Crippen molar-refractivity contribution in [3.8, 4) is 6.07 Å². The maximum atomic E-state index is 11.6. The van der Waals surface area contributed by atoms with Gasteiger partial charge in [-0.3, -0.25) is 0 Å². The molecular formula is C15H17NO2. The summed E-state index contributed by atoms with van der Waals surface area (Å²) in [7, 11) is 0. The zero-order valence-corrected chi connectivity index (χ0v) is 10.8. The molecular weight excluding hydrogens is 226 g/mol. The average Bonchev–Trinajstić information content (AvgIpc) is 2.36. The van der Waals surface area contributed by atoms with Gasteiger partial charge in [-0.15, -0.1) is 0 Å². The van der Waals surface area contributed by atoms with Crippen LogP contribution < -0.4 is 0 Å². The normalized spacial score (nSPS) is 10.8. The lowest BCUT2D eigenvalue weighted by Crippen LogP contribution is -2.07. The Morgan fingerprint density at radius 1 is 1.50 bits per heavy atom. The molecule has 0 heterocycles. The molecule has 0 aliphatic heterocycles. The van der Waals surface area contributed by atoms with Crippen molar-refractivity contribution in [1.82, 2.24) is 0 Å². The van der Waals surface area contributed by atoms with E-state index in [1.54, 1.807) is 6.08 Å². The summed E-state index contributed by atoms with van der Waals surface area (Å²) in [6.45, 7) is 4.34. The van der Waals surface area contributed by atoms with Crippen LogP contribution in [0.5, 0.6) is 0 Å². The minimum Gasteiger partial charge on any atom is -0.462 e. The maximum Gasteiger partial charge on any atom is 0.348 e. The molecule has 0 atom stereocenters. The number of unbranched alkanes of at least 4 members (excludes halogenated alkanes) is 1. The van der Waals surface area contributed by atoms with Crippen LogP contribution in [0.15, 0.2) is 29.8 Å². The highest BCUT2D eigenvalue weighted by Crippen LogP contribution is 2.10. The number of esters is 1. The Bertz CT molecular complexity index is 484. The second kappa shape index (κ2) is 7.29.